The van der Waals surface area contributed by atoms with Gasteiger partial charge >= 0.3 is 0 Å². The van der Waals surface area contributed by atoms with Crippen molar-refractivity contribution in [3.8, 4) is 0 Å². The predicted molar refractivity (Wildman–Crippen MR) is 75.0 cm³/mol. The quantitative estimate of drug-likeness (QED) is 0.653. The van der Waals surface area contributed by atoms with Gasteiger partial charge in [-0.3, -0.25) is 4.79 Å². The van der Waals surface area contributed by atoms with Crippen LogP contribution in [0.5, 0.6) is 0 Å². The Bertz CT molecular complexity index is 254. The van der Waals surface area contributed by atoms with Gasteiger partial charge in [-0.2, -0.15) is 0 Å². The first-order chi connectivity index (χ1) is 8.84. The van der Waals surface area contributed by atoms with Gasteiger partial charge in [-0.15, -0.1) is 0 Å². The topological polar surface area (TPSA) is 59.0 Å². The summed E-state index contributed by atoms with van der Waals surface area (Å²) < 4.78 is 10.7. The predicted octanol–water partition coefficient (Wildman–Crippen LogP) is 1.29. The molecule has 0 spiro atoms. The molecule has 0 heterocycles. The highest BCUT2D eigenvalue weighted by atomic mass is 16.5. The maximum atomic E-state index is 12.0. The van der Waals surface area contributed by atoms with Crippen molar-refractivity contribution in [2.75, 3.05) is 40.0 Å². The molecule has 5 nitrogen and oxygen atoms in total. The fraction of sp³-hybridized carbons (Fsp3) is 0.929. The van der Waals surface area contributed by atoms with Crippen LogP contribution in [0.1, 0.15) is 34.1 Å². The summed E-state index contributed by atoms with van der Waals surface area (Å²) in [5, 5.41) is 8.93. The van der Waals surface area contributed by atoms with Gasteiger partial charge in [0, 0.05) is 32.7 Å². The van der Waals surface area contributed by atoms with Gasteiger partial charge in [0.1, 0.15) is 0 Å². The van der Waals surface area contributed by atoms with Crippen LogP contribution in [-0.4, -0.2) is 61.5 Å². The fourth-order valence-electron chi connectivity index (χ4n) is 1.67. The number of hydrogen-bond donors (Lipinski definition) is 1. The van der Waals surface area contributed by atoms with E-state index in [4.69, 9.17) is 14.6 Å². The molecule has 0 saturated heterocycles. The van der Waals surface area contributed by atoms with E-state index < -0.39 is 0 Å². The second-order valence-electron chi connectivity index (χ2n) is 5.55. The summed E-state index contributed by atoms with van der Waals surface area (Å²) in [5.41, 5.74) is -0.359. The molecule has 0 saturated carbocycles. The molecule has 0 aliphatic carbocycles. The smallest absolute Gasteiger partial charge is 0.225 e. The molecule has 1 N–H and O–H groups in total. The maximum absolute atomic E-state index is 12.0. The number of rotatable bonds is 10. The molecular weight excluding hydrogens is 246 g/mol. The van der Waals surface area contributed by atoms with E-state index in [0.29, 0.717) is 32.7 Å². The zero-order valence-electron chi connectivity index (χ0n) is 12.9. The lowest BCUT2D eigenvalue weighted by molar-refractivity contribution is -0.137. The average Bonchev–Trinajstić information content (AvgIpc) is 2.32. The molecule has 19 heavy (non-hydrogen) atoms. The zero-order valence-corrected chi connectivity index (χ0v) is 12.9. The minimum Gasteiger partial charge on any atom is -0.396 e. The van der Waals surface area contributed by atoms with Gasteiger partial charge in [-0.1, -0.05) is 13.8 Å². The molecule has 0 aliphatic rings. The van der Waals surface area contributed by atoms with Gasteiger partial charge < -0.3 is 19.5 Å². The van der Waals surface area contributed by atoms with Crippen LogP contribution in [0.3, 0.4) is 0 Å². The van der Waals surface area contributed by atoms with Crippen LogP contribution in [0.15, 0.2) is 0 Å². The number of nitrogens with zero attached hydrogens (tertiary/aromatic N) is 1. The number of ether oxygens (including phenoxy) is 2. The second kappa shape index (κ2) is 9.28. The minimum absolute atomic E-state index is 0.0256. The Balaban J connectivity index is 4.22. The molecule has 5 heteroatoms. The molecule has 0 atom stereocenters. The van der Waals surface area contributed by atoms with Crippen molar-refractivity contribution in [3.05, 3.63) is 0 Å². The highest BCUT2D eigenvalue weighted by Gasteiger charge is 2.20. The van der Waals surface area contributed by atoms with Gasteiger partial charge in [-0.05, 0) is 20.3 Å². The molecule has 0 fully saturated rings. The molecule has 0 rings (SSSR count). The summed E-state index contributed by atoms with van der Waals surface area (Å²) in [6.07, 6.45) is 0.587. The Labute approximate surface area is 116 Å². The van der Waals surface area contributed by atoms with Crippen LogP contribution in [0.4, 0.5) is 0 Å². The molecule has 0 aromatic heterocycles. The molecule has 0 aromatic rings. The highest BCUT2D eigenvalue weighted by molar-refractivity contribution is 5.78. The van der Waals surface area contributed by atoms with E-state index in [9.17, 15) is 4.79 Å². The van der Waals surface area contributed by atoms with E-state index in [0.717, 1.165) is 0 Å². The maximum Gasteiger partial charge on any atom is 0.225 e. The molecule has 0 unspecified atom stereocenters. The minimum atomic E-state index is -0.359. The first-order valence-corrected chi connectivity index (χ1v) is 6.86. The molecule has 1 amide bonds. The Kier molecular flexibility index (Phi) is 8.97. The molecule has 0 bridgehead atoms. The van der Waals surface area contributed by atoms with Gasteiger partial charge in [-0.25, -0.2) is 0 Å². The summed E-state index contributed by atoms with van der Waals surface area (Å²) >= 11 is 0. The Hall–Kier alpha value is -0.650. The number of methoxy groups -OCH3 is 1. The monoisotopic (exact) mass is 275 g/mol. The Morgan fingerprint density at radius 2 is 1.84 bits per heavy atom. The van der Waals surface area contributed by atoms with Crippen molar-refractivity contribution in [1.82, 2.24) is 4.90 Å². The van der Waals surface area contributed by atoms with Gasteiger partial charge in [0.15, 0.2) is 0 Å². The molecule has 114 valence electrons. The third-order valence-electron chi connectivity index (χ3n) is 2.94. The van der Waals surface area contributed by atoms with Gasteiger partial charge in [0.05, 0.1) is 18.8 Å². The van der Waals surface area contributed by atoms with Crippen molar-refractivity contribution in [3.63, 3.8) is 0 Å². The van der Waals surface area contributed by atoms with Crippen molar-refractivity contribution in [2.24, 2.45) is 5.92 Å². The summed E-state index contributed by atoms with van der Waals surface area (Å²) in [6, 6.07) is 0. The van der Waals surface area contributed by atoms with E-state index >= 15 is 0 Å². The second-order valence-corrected chi connectivity index (χ2v) is 5.55. The summed E-state index contributed by atoms with van der Waals surface area (Å²) in [5.74, 6) is 0.0860. The molecular formula is C14H29NO4. The average molecular weight is 275 g/mol. The number of aliphatic hydroxyl groups excluding tert-OH is 1. The first kappa shape index (κ1) is 18.4. The lowest BCUT2D eigenvalue weighted by Crippen LogP contribution is -2.40. The SMILES string of the molecule is COCCN(CCOC(C)(C)CCO)C(=O)C(C)C. The van der Waals surface area contributed by atoms with Crippen molar-refractivity contribution in [1.29, 1.82) is 0 Å². The largest absolute Gasteiger partial charge is 0.396 e. The summed E-state index contributed by atoms with van der Waals surface area (Å²) in [7, 11) is 1.62. The summed E-state index contributed by atoms with van der Waals surface area (Å²) in [6.45, 7) is 9.88. The van der Waals surface area contributed by atoms with E-state index in [1.54, 1.807) is 12.0 Å². The normalized spacial score (nSPS) is 11.9. The lowest BCUT2D eigenvalue weighted by atomic mass is 10.1. The van der Waals surface area contributed by atoms with E-state index in [1.165, 1.54) is 0 Å². The standard InChI is InChI=1S/C14H29NO4/c1-12(2)13(17)15(7-10-18-5)8-11-19-14(3,4)6-9-16/h12,16H,6-11H2,1-5H3. The third-order valence-corrected chi connectivity index (χ3v) is 2.94. The van der Waals surface area contributed by atoms with Gasteiger partial charge in [0.25, 0.3) is 0 Å². The highest BCUT2D eigenvalue weighted by Crippen LogP contribution is 2.13. The molecule has 0 aliphatic heterocycles. The molecule has 0 radical (unpaired) electrons. The third kappa shape index (κ3) is 8.18. The van der Waals surface area contributed by atoms with Crippen LogP contribution in [0.25, 0.3) is 0 Å². The van der Waals surface area contributed by atoms with Crippen LogP contribution in [-0.2, 0) is 14.3 Å². The number of amides is 1. The number of aliphatic hydroxyl groups is 1. The summed E-state index contributed by atoms with van der Waals surface area (Å²) in [4.78, 5) is 13.8. The van der Waals surface area contributed by atoms with Crippen LogP contribution in [0, 0.1) is 5.92 Å². The fourth-order valence-corrected chi connectivity index (χ4v) is 1.67. The van der Waals surface area contributed by atoms with Gasteiger partial charge in [0.2, 0.25) is 5.91 Å². The van der Waals surface area contributed by atoms with E-state index in [2.05, 4.69) is 0 Å². The van der Waals surface area contributed by atoms with Crippen LogP contribution < -0.4 is 0 Å². The van der Waals surface area contributed by atoms with Crippen LogP contribution in [0.2, 0.25) is 0 Å². The number of carbonyl (C=O) groups is 1. The Morgan fingerprint density at radius 3 is 2.32 bits per heavy atom. The molecule has 0 aromatic carbocycles. The first-order valence-electron chi connectivity index (χ1n) is 6.86. The van der Waals surface area contributed by atoms with Crippen molar-refractivity contribution in [2.45, 2.75) is 39.7 Å². The number of carbonyl (C=O) groups excluding carboxylic acids is 1. The van der Waals surface area contributed by atoms with Crippen molar-refractivity contribution >= 4 is 5.91 Å². The number of hydrogen-bond acceptors (Lipinski definition) is 4. The Morgan fingerprint density at radius 1 is 1.26 bits per heavy atom. The van der Waals surface area contributed by atoms with E-state index in [1.807, 2.05) is 27.7 Å². The van der Waals surface area contributed by atoms with E-state index in [-0.39, 0.29) is 24.0 Å². The zero-order chi connectivity index (χ0) is 14.9. The van der Waals surface area contributed by atoms with Crippen molar-refractivity contribution < 1.29 is 19.4 Å². The van der Waals surface area contributed by atoms with Crippen LogP contribution >= 0.6 is 0 Å². The lowest BCUT2D eigenvalue weighted by Gasteiger charge is -2.28.